The van der Waals surface area contributed by atoms with Crippen molar-refractivity contribution in [2.45, 2.75) is 26.8 Å². The minimum atomic E-state index is -3.67. The zero-order chi connectivity index (χ0) is 13.1. The molecule has 0 spiro atoms. The van der Waals surface area contributed by atoms with Crippen molar-refractivity contribution in [1.82, 2.24) is 4.57 Å². The summed E-state index contributed by atoms with van der Waals surface area (Å²) in [5.41, 5.74) is 0. The van der Waals surface area contributed by atoms with E-state index in [-0.39, 0.29) is 0 Å². The SMILES string of the molecule is CCn1cc[n+](C)c1.FC(F)F.FC(F)F. The molecule has 0 aliphatic carbocycles. The normalized spacial score (nSPS) is 9.38. The maximum atomic E-state index is 9.67. The Balaban J connectivity index is 0. The molecule has 0 radical (unpaired) electrons. The van der Waals surface area contributed by atoms with Gasteiger partial charge in [0.05, 0.1) is 13.6 Å². The van der Waals surface area contributed by atoms with Crippen LogP contribution in [0.4, 0.5) is 26.3 Å². The minimum absolute atomic E-state index is 1.06. The van der Waals surface area contributed by atoms with Gasteiger partial charge in [0.25, 0.3) is 0 Å². The lowest BCUT2D eigenvalue weighted by atomic mass is 10.7. The van der Waals surface area contributed by atoms with Gasteiger partial charge in [-0.25, -0.2) is 9.13 Å². The van der Waals surface area contributed by atoms with Crippen LogP contribution in [-0.2, 0) is 13.6 Å². The zero-order valence-electron chi connectivity index (χ0n) is 8.76. The molecule has 1 aromatic rings. The second-order valence-corrected chi connectivity index (χ2v) is 2.40. The molecule has 0 fully saturated rings. The zero-order valence-corrected chi connectivity index (χ0v) is 8.76. The summed E-state index contributed by atoms with van der Waals surface area (Å²) < 4.78 is 62.2. The topological polar surface area (TPSA) is 8.81 Å². The van der Waals surface area contributed by atoms with E-state index in [0.717, 1.165) is 6.54 Å². The summed E-state index contributed by atoms with van der Waals surface area (Å²) in [6.45, 7) is -4.15. The van der Waals surface area contributed by atoms with Crippen LogP contribution in [0.5, 0.6) is 0 Å². The Bertz CT molecular complexity index is 239. The van der Waals surface area contributed by atoms with E-state index in [9.17, 15) is 26.3 Å². The molecule has 0 N–H and O–H groups in total. The molecule has 0 unspecified atom stereocenters. The van der Waals surface area contributed by atoms with E-state index >= 15 is 0 Å². The average molecular weight is 251 g/mol. The summed E-state index contributed by atoms with van der Waals surface area (Å²) in [6, 6.07) is 0. The van der Waals surface area contributed by atoms with Crippen molar-refractivity contribution < 1.29 is 30.9 Å². The van der Waals surface area contributed by atoms with Gasteiger partial charge in [-0.2, -0.15) is 26.3 Å². The van der Waals surface area contributed by atoms with E-state index in [0.29, 0.717) is 0 Å². The van der Waals surface area contributed by atoms with Crippen molar-refractivity contribution in [3.63, 3.8) is 0 Å². The number of imidazole rings is 1. The molecule has 1 aromatic heterocycles. The van der Waals surface area contributed by atoms with E-state index in [2.05, 4.69) is 24.0 Å². The fraction of sp³-hybridized carbons (Fsp3) is 0.625. The Morgan fingerprint density at radius 3 is 1.56 bits per heavy atom. The molecule has 0 aromatic carbocycles. The van der Waals surface area contributed by atoms with Crippen LogP contribution in [0.1, 0.15) is 6.92 Å². The lowest BCUT2D eigenvalue weighted by Gasteiger charge is -1.81. The van der Waals surface area contributed by atoms with Crippen molar-refractivity contribution in [1.29, 1.82) is 0 Å². The Morgan fingerprint density at radius 1 is 1.06 bits per heavy atom. The van der Waals surface area contributed by atoms with Gasteiger partial charge in [0, 0.05) is 0 Å². The van der Waals surface area contributed by atoms with Gasteiger partial charge in [-0.3, -0.25) is 0 Å². The van der Waals surface area contributed by atoms with Crippen LogP contribution in [0, 0.1) is 0 Å². The molecule has 0 atom stereocenters. The van der Waals surface area contributed by atoms with Gasteiger partial charge in [-0.1, -0.05) is 0 Å². The van der Waals surface area contributed by atoms with Crippen LogP contribution in [0.15, 0.2) is 18.7 Å². The van der Waals surface area contributed by atoms with Crippen LogP contribution in [-0.4, -0.2) is 17.9 Å². The maximum Gasteiger partial charge on any atom is 0.379 e. The first-order chi connectivity index (χ1) is 7.29. The molecule has 2 nitrogen and oxygen atoms in total. The molecule has 0 bridgehead atoms. The highest BCUT2D eigenvalue weighted by atomic mass is 19.4. The number of halogens is 6. The van der Waals surface area contributed by atoms with Crippen molar-refractivity contribution in [3.05, 3.63) is 18.7 Å². The van der Waals surface area contributed by atoms with E-state index < -0.39 is 13.4 Å². The molecule has 1 rings (SSSR count). The maximum absolute atomic E-state index is 9.67. The largest absolute Gasteiger partial charge is 0.379 e. The number of hydrogen-bond acceptors (Lipinski definition) is 0. The van der Waals surface area contributed by atoms with E-state index in [1.165, 1.54) is 0 Å². The van der Waals surface area contributed by atoms with Crippen LogP contribution < -0.4 is 4.57 Å². The van der Waals surface area contributed by atoms with Gasteiger partial charge in [-0.15, -0.1) is 0 Å². The summed E-state index contributed by atoms with van der Waals surface area (Å²) in [5, 5.41) is 0. The van der Waals surface area contributed by atoms with Crippen LogP contribution in [0.2, 0.25) is 0 Å². The van der Waals surface area contributed by atoms with Crippen LogP contribution in [0.25, 0.3) is 0 Å². The standard InChI is InChI=1S/C6H11N2.2CHF3/c1-3-8-5-4-7(2)6-8;2*2-1(3)4/h4-6H,3H2,1-2H3;2*1H/q+1;;. The van der Waals surface area contributed by atoms with E-state index in [1.54, 1.807) is 0 Å². The lowest BCUT2D eigenvalue weighted by molar-refractivity contribution is -0.671. The highest BCUT2D eigenvalue weighted by Gasteiger charge is 1.92. The van der Waals surface area contributed by atoms with Crippen molar-refractivity contribution in [3.8, 4) is 0 Å². The predicted molar refractivity (Wildman–Crippen MR) is 45.5 cm³/mol. The minimum Gasteiger partial charge on any atom is -0.240 e. The average Bonchev–Trinajstić information content (AvgIpc) is 2.49. The molecule has 8 heteroatoms. The second-order valence-electron chi connectivity index (χ2n) is 2.40. The van der Waals surface area contributed by atoms with Crippen molar-refractivity contribution in [2.75, 3.05) is 0 Å². The highest BCUT2D eigenvalue weighted by molar-refractivity contribution is 4.63. The first kappa shape index (κ1) is 17.2. The molecule has 0 amide bonds. The Morgan fingerprint density at radius 2 is 1.44 bits per heavy atom. The summed E-state index contributed by atoms with van der Waals surface area (Å²) in [7, 11) is 2.02. The van der Waals surface area contributed by atoms with Gasteiger partial charge >= 0.3 is 13.4 Å². The molecule has 1 heterocycles. The number of rotatable bonds is 1. The fourth-order valence-corrected chi connectivity index (χ4v) is 0.689. The molecule has 0 aliphatic rings. The molecule has 0 aliphatic heterocycles. The Labute approximate surface area is 89.1 Å². The van der Waals surface area contributed by atoms with Gasteiger partial charge < -0.3 is 0 Å². The Kier molecular flexibility index (Phi) is 11.1. The molecule has 0 saturated heterocycles. The third kappa shape index (κ3) is 18.5. The molecule has 16 heavy (non-hydrogen) atoms. The van der Waals surface area contributed by atoms with E-state index in [1.807, 2.05) is 17.8 Å². The number of hydrogen-bond donors (Lipinski definition) is 0. The van der Waals surface area contributed by atoms with Crippen LogP contribution >= 0.6 is 0 Å². The van der Waals surface area contributed by atoms with Gasteiger partial charge in [0.1, 0.15) is 12.4 Å². The quantitative estimate of drug-likeness (QED) is 0.536. The van der Waals surface area contributed by atoms with E-state index in [4.69, 9.17) is 0 Å². The first-order valence-corrected chi connectivity index (χ1v) is 4.15. The fourth-order valence-electron chi connectivity index (χ4n) is 0.689. The smallest absolute Gasteiger partial charge is 0.240 e. The molecule has 0 saturated carbocycles. The van der Waals surface area contributed by atoms with Gasteiger partial charge in [-0.05, 0) is 6.92 Å². The van der Waals surface area contributed by atoms with Gasteiger partial charge in [0.2, 0.25) is 6.33 Å². The van der Waals surface area contributed by atoms with Gasteiger partial charge in [0.15, 0.2) is 0 Å². The first-order valence-electron chi connectivity index (χ1n) is 4.15. The summed E-state index contributed by atoms with van der Waals surface area (Å²) >= 11 is 0. The summed E-state index contributed by atoms with van der Waals surface area (Å²) in [6.07, 6.45) is 6.14. The van der Waals surface area contributed by atoms with Crippen molar-refractivity contribution >= 4 is 0 Å². The molecular formula is C8H13F6N2+. The third-order valence-corrected chi connectivity index (χ3v) is 1.19. The highest BCUT2D eigenvalue weighted by Crippen LogP contribution is 1.87. The van der Waals surface area contributed by atoms with Crippen molar-refractivity contribution in [2.24, 2.45) is 7.05 Å². The summed E-state index contributed by atoms with van der Waals surface area (Å²) in [4.78, 5) is 0. The lowest BCUT2D eigenvalue weighted by Crippen LogP contribution is -2.23. The monoisotopic (exact) mass is 251 g/mol. The third-order valence-electron chi connectivity index (χ3n) is 1.19. The summed E-state index contributed by atoms with van der Waals surface area (Å²) in [5.74, 6) is 0. The number of nitrogens with zero attached hydrogens (tertiary/aromatic N) is 2. The van der Waals surface area contributed by atoms with Crippen LogP contribution in [0.3, 0.4) is 0 Å². The predicted octanol–water partition coefficient (Wildman–Crippen LogP) is 2.69. The number of aromatic nitrogens is 2. The number of alkyl halides is 6. The second kappa shape index (κ2) is 10.3. The number of aryl methyl sites for hydroxylation is 2. The molecular weight excluding hydrogens is 238 g/mol. The Hall–Kier alpha value is -1.21. The molecule has 96 valence electrons.